The Morgan fingerprint density at radius 1 is 1.44 bits per heavy atom. The van der Waals surface area contributed by atoms with Crippen LogP contribution in [0.15, 0.2) is 0 Å². The molecular weight excluding hydrogens is 224 g/mol. The molecule has 92 valence electrons. The summed E-state index contributed by atoms with van der Waals surface area (Å²) in [7, 11) is 0. The molecule has 1 aromatic heterocycles. The standard InChI is InChI=1S/C10H20N4OS/c1-3-8(4-2)14(5-6-15)7-9-10(11)16-13-12-9/h8,15H,3-7,11H2,1-2H3. The van der Waals surface area contributed by atoms with Crippen LogP contribution in [-0.4, -0.2) is 38.8 Å². The van der Waals surface area contributed by atoms with Crippen LogP contribution in [0.1, 0.15) is 32.4 Å². The summed E-state index contributed by atoms with van der Waals surface area (Å²) in [6, 6.07) is 0.466. The number of nitrogens with zero attached hydrogens (tertiary/aromatic N) is 3. The number of hydrogen-bond acceptors (Lipinski definition) is 6. The monoisotopic (exact) mass is 244 g/mol. The number of aliphatic hydroxyl groups excluding tert-OH is 1. The topological polar surface area (TPSA) is 75.3 Å². The van der Waals surface area contributed by atoms with E-state index in [9.17, 15) is 0 Å². The maximum Gasteiger partial charge on any atom is 0.132 e. The van der Waals surface area contributed by atoms with Crippen molar-refractivity contribution in [2.24, 2.45) is 0 Å². The van der Waals surface area contributed by atoms with Crippen LogP contribution < -0.4 is 5.73 Å². The summed E-state index contributed by atoms with van der Waals surface area (Å²) in [5, 5.41) is 13.8. The van der Waals surface area contributed by atoms with Crippen LogP contribution in [0.5, 0.6) is 0 Å². The summed E-state index contributed by atoms with van der Waals surface area (Å²) in [6.07, 6.45) is 2.13. The number of nitrogens with two attached hydrogens (primary N) is 1. The molecule has 0 fully saturated rings. The van der Waals surface area contributed by atoms with Crippen LogP contribution in [0.25, 0.3) is 0 Å². The van der Waals surface area contributed by atoms with Crippen molar-refractivity contribution in [3.05, 3.63) is 5.69 Å². The Balaban J connectivity index is 2.67. The van der Waals surface area contributed by atoms with Crippen molar-refractivity contribution in [3.63, 3.8) is 0 Å². The second kappa shape index (κ2) is 6.78. The largest absolute Gasteiger partial charge is 0.395 e. The summed E-state index contributed by atoms with van der Waals surface area (Å²) < 4.78 is 3.82. The molecule has 0 amide bonds. The highest BCUT2D eigenvalue weighted by molar-refractivity contribution is 7.09. The maximum absolute atomic E-state index is 9.07. The molecule has 0 bridgehead atoms. The fraction of sp³-hybridized carbons (Fsp3) is 0.800. The van der Waals surface area contributed by atoms with Crippen LogP contribution in [0, 0.1) is 0 Å². The Labute approximate surface area is 100 Å². The zero-order valence-electron chi connectivity index (χ0n) is 9.89. The van der Waals surface area contributed by atoms with Gasteiger partial charge in [-0.1, -0.05) is 18.3 Å². The third-order valence-corrected chi connectivity index (χ3v) is 3.38. The van der Waals surface area contributed by atoms with Crippen molar-refractivity contribution in [1.29, 1.82) is 0 Å². The van der Waals surface area contributed by atoms with E-state index in [0.29, 0.717) is 24.1 Å². The molecular formula is C10H20N4OS. The minimum absolute atomic E-state index is 0.161. The van der Waals surface area contributed by atoms with E-state index in [1.807, 2.05) is 0 Å². The molecule has 0 aliphatic heterocycles. The predicted octanol–water partition coefficient (Wildman–Crippen LogP) is 1.10. The van der Waals surface area contributed by atoms with E-state index in [4.69, 9.17) is 10.8 Å². The van der Waals surface area contributed by atoms with E-state index in [-0.39, 0.29) is 6.61 Å². The minimum Gasteiger partial charge on any atom is -0.395 e. The van der Waals surface area contributed by atoms with Gasteiger partial charge in [-0.25, -0.2) is 0 Å². The fourth-order valence-electron chi connectivity index (χ4n) is 1.84. The van der Waals surface area contributed by atoms with Crippen molar-refractivity contribution < 1.29 is 5.11 Å². The second-order valence-corrected chi connectivity index (χ2v) is 4.53. The Morgan fingerprint density at radius 2 is 2.12 bits per heavy atom. The zero-order chi connectivity index (χ0) is 12.0. The average Bonchev–Trinajstić information content (AvgIpc) is 2.66. The molecule has 1 rings (SSSR count). The molecule has 0 saturated heterocycles. The smallest absolute Gasteiger partial charge is 0.132 e. The molecule has 0 atom stereocenters. The minimum atomic E-state index is 0.161. The normalized spacial score (nSPS) is 11.6. The molecule has 0 radical (unpaired) electrons. The van der Waals surface area contributed by atoms with Gasteiger partial charge in [0.2, 0.25) is 0 Å². The van der Waals surface area contributed by atoms with Crippen LogP contribution in [0.3, 0.4) is 0 Å². The van der Waals surface area contributed by atoms with E-state index >= 15 is 0 Å². The summed E-state index contributed by atoms with van der Waals surface area (Å²) in [4.78, 5) is 2.22. The van der Waals surface area contributed by atoms with Gasteiger partial charge in [-0.3, -0.25) is 4.90 Å². The van der Waals surface area contributed by atoms with Gasteiger partial charge in [0.25, 0.3) is 0 Å². The summed E-state index contributed by atoms with van der Waals surface area (Å²) in [5.74, 6) is 0. The van der Waals surface area contributed by atoms with Gasteiger partial charge in [0.1, 0.15) is 10.7 Å². The number of hydrogen-bond donors (Lipinski definition) is 2. The second-order valence-electron chi connectivity index (χ2n) is 3.75. The van der Waals surface area contributed by atoms with Gasteiger partial charge >= 0.3 is 0 Å². The van der Waals surface area contributed by atoms with Gasteiger partial charge in [0, 0.05) is 30.7 Å². The fourth-order valence-corrected chi connectivity index (χ4v) is 2.28. The highest BCUT2D eigenvalue weighted by atomic mass is 32.1. The predicted molar refractivity (Wildman–Crippen MR) is 66.2 cm³/mol. The summed E-state index contributed by atoms with van der Waals surface area (Å²) in [6.45, 7) is 5.80. The third-order valence-electron chi connectivity index (χ3n) is 2.78. The third kappa shape index (κ3) is 3.40. The first-order chi connectivity index (χ1) is 7.72. The zero-order valence-corrected chi connectivity index (χ0v) is 10.7. The SMILES string of the molecule is CCC(CC)N(CCO)Cc1nnsc1N. The number of aliphatic hydroxyl groups is 1. The Kier molecular flexibility index (Phi) is 5.65. The van der Waals surface area contributed by atoms with E-state index in [0.717, 1.165) is 18.5 Å². The Morgan fingerprint density at radius 3 is 2.56 bits per heavy atom. The lowest BCUT2D eigenvalue weighted by atomic mass is 10.1. The van der Waals surface area contributed by atoms with Crippen molar-refractivity contribution in [1.82, 2.24) is 14.5 Å². The van der Waals surface area contributed by atoms with Crippen molar-refractivity contribution in [2.45, 2.75) is 39.3 Å². The van der Waals surface area contributed by atoms with Gasteiger partial charge in [-0.15, -0.1) is 5.10 Å². The van der Waals surface area contributed by atoms with Crippen molar-refractivity contribution >= 4 is 16.5 Å². The number of aromatic nitrogens is 2. The van der Waals surface area contributed by atoms with Crippen LogP contribution in [0.4, 0.5) is 5.00 Å². The van der Waals surface area contributed by atoms with Crippen LogP contribution in [-0.2, 0) is 6.54 Å². The van der Waals surface area contributed by atoms with E-state index in [1.165, 1.54) is 11.5 Å². The highest BCUT2D eigenvalue weighted by Gasteiger charge is 2.17. The molecule has 5 nitrogen and oxygen atoms in total. The van der Waals surface area contributed by atoms with Gasteiger partial charge < -0.3 is 10.8 Å². The molecule has 0 aromatic carbocycles. The molecule has 0 spiro atoms. The number of anilines is 1. The van der Waals surface area contributed by atoms with Gasteiger partial charge in [-0.2, -0.15) is 0 Å². The molecule has 1 aromatic rings. The lowest BCUT2D eigenvalue weighted by Crippen LogP contribution is -2.36. The average molecular weight is 244 g/mol. The first kappa shape index (κ1) is 13.3. The quantitative estimate of drug-likeness (QED) is 0.751. The first-order valence-corrected chi connectivity index (χ1v) is 6.41. The maximum atomic E-state index is 9.07. The van der Waals surface area contributed by atoms with Gasteiger partial charge in [0.05, 0.1) is 6.61 Å². The summed E-state index contributed by atoms with van der Waals surface area (Å²) in [5.41, 5.74) is 6.60. The lowest BCUT2D eigenvalue weighted by molar-refractivity contribution is 0.135. The first-order valence-electron chi connectivity index (χ1n) is 5.64. The lowest BCUT2D eigenvalue weighted by Gasteiger charge is -2.28. The van der Waals surface area contributed by atoms with Crippen LogP contribution >= 0.6 is 11.5 Å². The highest BCUT2D eigenvalue weighted by Crippen LogP contribution is 2.18. The van der Waals surface area contributed by atoms with Crippen molar-refractivity contribution in [2.75, 3.05) is 18.9 Å². The molecule has 3 N–H and O–H groups in total. The Hall–Kier alpha value is -0.720. The molecule has 16 heavy (non-hydrogen) atoms. The van der Waals surface area contributed by atoms with Crippen LogP contribution in [0.2, 0.25) is 0 Å². The van der Waals surface area contributed by atoms with E-state index in [1.54, 1.807) is 0 Å². The number of nitrogen functional groups attached to an aromatic ring is 1. The van der Waals surface area contributed by atoms with Gasteiger partial charge in [-0.05, 0) is 12.8 Å². The van der Waals surface area contributed by atoms with Gasteiger partial charge in [0.15, 0.2) is 0 Å². The number of rotatable bonds is 7. The van der Waals surface area contributed by atoms with E-state index in [2.05, 4.69) is 28.3 Å². The van der Waals surface area contributed by atoms with Crippen molar-refractivity contribution in [3.8, 4) is 0 Å². The molecule has 0 unspecified atom stereocenters. The molecule has 1 heterocycles. The molecule has 6 heteroatoms. The Bertz CT molecular complexity index is 301. The summed E-state index contributed by atoms with van der Waals surface area (Å²) >= 11 is 1.22. The molecule has 0 saturated carbocycles. The molecule has 0 aliphatic carbocycles. The molecule has 0 aliphatic rings. The van der Waals surface area contributed by atoms with E-state index < -0.39 is 0 Å².